The van der Waals surface area contributed by atoms with Crippen molar-refractivity contribution >= 4 is 11.9 Å². The highest BCUT2D eigenvalue weighted by Gasteiger charge is 2.31. The lowest BCUT2D eigenvalue weighted by molar-refractivity contribution is -0.138. The van der Waals surface area contributed by atoms with E-state index in [1.54, 1.807) is 23.1 Å². The molecule has 1 aromatic rings. The molecule has 1 amide bonds. The average Bonchev–Trinajstić information content (AvgIpc) is 3.21. The van der Waals surface area contributed by atoms with Crippen molar-refractivity contribution in [2.45, 2.75) is 25.4 Å². The second-order valence-corrected chi connectivity index (χ2v) is 4.90. The Morgan fingerprint density at radius 3 is 2.60 bits per heavy atom. The molecule has 2 N–H and O–H groups in total. The van der Waals surface area contributed by atoms with E-state index < -0.39 is 5.97 Å². The van der Waals surface area contributed by atoms with Crippen molar-refractivity contribution in [3.63, 3.8) is 0 Å². The topological polar surface area (TPSA) is 69.6 Å². The minimum Gasteiger partial charge on any atom is -0.480 e. The van der Waals surface area contributed by atoms with Crippen LogP contribution in [-0.2, 0) is 16.1 Å². The number of halogens is 1. The van der Waals surface area contributed by atoms with Crippen LogP contribution in [0.5, 0.6) is 0 Å². The molecular formula is C14H17FN2O3. The molecular weight excluding hydrogens is 263 g/mol. The summed E-state index contributed by atoms with van der Waals surface area (Å²) in [6.45, 7) is 0.000287. The number of benzene rings is 1. The van der Waals surface area contributed by atoms with Crippen molar-refractivity contribution in [3.8, 4) is 0 Å². The van der Waals surface area contributed by atoms with E-state index in [9.17, 15) is 14.0 Å². The van der Waals surface area contributed by atoms with E-state index in [1.807, 2.05) is 0 Å². The first kappa shape index (κ1) is 14.5. The molecule has 6 heteroatoms. The molecule has 0 atom stereocenters. The summed E-state index contributed by atoms with van der Waals surface area (Å²) in [5.41, 5.74) is 0.414. The van der Waals surface area contributed by atoms with E-state index in [0.717, 1.165) is 12.8 Å². The van der Waals surface area contributed by atoms with Gasteiger partial charge in [0, 0.05) is 18.2 Å². The molecule has 5 nitrogen and oxygen atoms in total. The largest absolute Gasteiger partial charge is 0.480 e. The molecule has 0 unspecified atom stereocenters. The maximum atomic E-state index is 13.4. The van der Waals surface area contributed by atoms with Gasteiger partial charge in [-0.2, -0.15) is 0 Å². The van der Waals surface area contributed by atoms with Gasteiger partial charge >= 0.3 is 5.97 Å². The van der Waals surface area contributed by atoms with Gasteiger partial charge < -0.3 is 10.4 Å². The van der Waals surface area contributed by atoms with Crippen molar-refractivity contribution in [2.24, 2.45) is 0 Å². The number of aliphatic carboxylic acids is 1. The predicted molar refractivity (Wildman–Crippen MR) is 70.5 cm³/mol. The van der Waals surface area contributed by atoms with Crippen LogP contribution in [0, 0.1) is 5.82 Å². The standard InChI is InChI=1S/C14H17FN2O3/c15-12-4-2-1-3-10(12)7-16-13(18)8-17(9-14(19)20)11-5-6-11/h1-4,11H,5-9H2,(H,16,18)(H,19,20). The van der Waals surface area contributed by atoms with E-state index in [0.29, 0.717) is 5.56 Å². The molecule has 0 bridgehead atoms. The zero-order chi connectivity index (χ0) is 14.5. The number of carbonyl (C=O) groups excluding carboxylic acids is 1. The highest BCUT2D eigenvalue weighted by atomic mass is 19.1. The van der Waals surface area contributed by atoms with Crippen LogP contribution in [-0.4, -0.2) is 41.0 Å². The van der Waals surface area contributed by atoms with Gasteiger partial charge in [-0.15, -0.1) is 0 Å². The Kier molecular flexibility index (Phi) is 4.68. The number of rotatable bonds is 7. The molecule has 0 aromatic heterocycles. The van der Waals surface area contributed by atoms with Gasteiger partial charge in [0.1, 0.15) is 5.82 Å². The molecule has 0 saturated heterocycles. The molecule has 0 radical (unpaired) electrons. The number of carboxylic acid groups (broad SMARTS) is 1. The van der Waals surface area contributed by atoms with Crippen LogP contribution in [0.3, 0.4) is 0 Å². The summed E-state index contributed by atoms with van der Waals surface area (Å²) >= 11 is 0. The van der Waals surface area contributed by atoms with Crippen molar-refractivity contribution in [1.29, 1.82) is 0 Å². The fourth-order valence-electron chi connectivity index (χ4n) is 2.00. The Morgan fingerprint density at radius 2 is 2.00 bits per heavy atom. The molecule has 20 heavy (non-hydrogen) atoms. The summed E-state index contributed by atoms with van der Waals surface area (Å²) in [6.07, 6.45) is 1.85. The molecule has 0 heterocycles. The van der Waals surface area contributed by atoms with Crippen LogP contribution in [0.4, 0.5) is 4.39 Å². The fraction of sp³-hybridized carbons (Fsp3) is 0.429. The molecule has 1 aromatic carbocycles. The van der Waals surface area contributed by atoms with Crippen LogP contribution >= 0.6 is 0 Å². The molecule has 1 aliphatic carbocycles. The Labute approximate surface area is 116 Å². The van der Waals surface area contributed by atoms with Crippen LogP contribution in [0.25, 0.3) is 0 Å². The number of nitrogens with zero attached hydrogens (tertiary/aromatic N) is 1. The van der Waals surface area contributed by atoms with Gasteiger partial charge in [-0.1, -0.05) is 18.2 Å². The van der Waals surface area contributed by atoms with Crippen LogP contribution in [0.15, 0.2) is 24.3 Å². The maximum absolute atomic E-state index is 13.4. The number of amides is 1. The number of hydrogen-bond acceptors (Lipinski definition) is 3. The van der Waals surface area contributed by atoms with E-state index in [2.05, 4.69) is 5.32 Å². The van der Waals surface area contributed by atoms with Crippen molar-refractivity contribution < 1.29 is 19.1 Å². The minimum absolute atomic E-state index is 0.0332. The average molecular weight is 280 g/mol. The Hall–Kier alpha value is -1.95. The van der Waals surface area contributed by atoms with Crippen LogP contribution in [0.2, 0.25) is 0 Å². The molecule has 108 valence electrons. The molecule has 1 fully saturated rings. The van der Waals surface area contributed by atoms with Gasteiger partial charge in [0.2, 0.25) is 5.91 Å². The van der Waals surface area contributed by atoms with Crippen LogP contribution < -0.4 is 5.32 Å². The summed E-state index contributed by atoms with van der Waals surface area (Å²) in [5, 5.41) is 11.4. The van der Waals surface area contributed by atoms with Gasteiger partial charge in [-0.3, -0.25) is 14.5 Å². The molecule has 0 spiro atoms. The second kappa shape index (κ2) is 6.47. The normalized spacial score (nSPS) is 14.3. The smallest absolute Gasteiger partial charge is 0.317 e. The lowest BCUT2D eigenvalue weighted by Crippen LogP contribution is -2.40. The van der Waals surface area contributed by atoms with E-state index >= 15 is 0 Å². The minimum atomic E-state index is -0.946. The summed E-state index contributed by atoms with van der Waals surface area (Å²) < 4.78 is 13.4. The lowest BCUT2D eigenvalue weighted by Gasteiger charge is -2.19. The molecule has 1 aliphatic rings. The quantitative estimate of drug-likeness (QED) is 0.781. The molecule has 0 aliphatic heterocycles. The monoisotopic (exact) mass is 280 g/mol. The first-order valence-corrected chi connectivity index (χ1v) is 6.52. The fourth-order valence-corrected chi connectivity index (χ4v) is 2.00. The van der Waals surface area contributed by atoms with Crippen molar-refractivity contribution in [3.05, 3.63) is 35.6 Å². The van der Waals surface area contributed by atoms with Gasteiger partial charge in [0.25, 0.3) is 0 Å². The van der Waals surface area contributed by atoms with E-state index in [1.165, 1.54) is 6.07 Å². The van der Waals surface area contributed by atoms with Gasteiger partial charge in [0.05, 0.1) is 13.1 Å². The van der Waals surface area contributed by atoms with Gasteiger partial charge in [0.15, 0.2) is 0 Å². The first-order chi connectivity index (χ1) is 9.56. The van der Waals surface area contributed by atoms with Crippen molar-refractivity contribution in [1.82, 2.24) is 10.2 Å². The maximum Gasteiger partial charge on any atom is 0.317 e. The zero-order valence-corrected chi connectivity index (χ0v) is 11.0. The zero-order valence-electron chi connectivity index (χ0n) is 11.0. The molecule has 1 saturated carbocycles. The Bertz CT molecular complexity index is 503. The van der Waals surface area contributed by atoms with E-state index in [4.69, 9.17) is 5.11 Å². The van der Waals surface area contributed by atoms with Crippen molar-refractivity contribution in [2.75, 3.05) is 13.1 Å². The third-order valence-corrected chi connectivity index (χ3v) is 3.18. The summed E-state index contributed by atoms with van der Waals surface area (Å²) in [6, 6.07) is 6.41. The van der Waals surface area contributed by atoms with E-state index in [-0.39, 0.29) is 37.4 Å². The highest BCUT2D eigenvalue weighted by molar-refractivity contribution is 5.79. The number of carbonyl (C=O) groups is 2. The van der Waals surface area contributed by atoms with Gasteiger partial charge in [-0.25, -0.2) is 4.39 Å². The highest BCUT2D eigenvalue weighted by Crippen LogP contribution is 2.26. The third kappa shape index (κ3) is 4.31. The summed E-state index contributed by atoms with van der Waals surface area (Å²) in [4.78, 5) is 24.1. The number of nitrogens with one attached hydrogen (secondary N) is 1. The Balaban J connectivity index is 1.82. The molecule has 2 rings (SSSR count). The van der Waals surface area contributed by atoms with Crippen LogP contribution in [0.1, 0.15) is 18.4 Å². The SMILES string of the molecule is O=C(O)CN(CC(=O)NCc1ccccc1F)C1CC1. The lowest BCUT2D eigenvalue weighted by atomic mass is 10.2. The number of carboxylic acids is 1. The van der Waals surface area contributed by atoms with Gasteiger partial charge in [-0.05, 0) is 18.9 Å². The predicted octanol–water partition coefficient (Wildman–Crippen LogP) is 0.991. The summed E-state index contributed by atoms with van der Waals surface area (Å²) in [7, 11) is 0. The second-order valence-electron chi connectivity index (χ2n) is 4.90. The third-order valence-electron chi connectivity index (χ3n) is 3.18. The Morgan fingerprint density at radius 1 is 1.30 bits per heavy atom. The number of hydrogen-bond donors (Lipinski definition) is 2. The first-order valence-electron chi connectivity index (χ1n) is 6.52. The summed E-state index contributed by atoms with van der Waals surface area (Å²) in [5.74, 6) is -1.60.